The summed E-state index contributed by atoms with van der Waals surface area (Å²) in [6.07, 6.45) is 0.206. The van der Waals surface area contributed by atoms with Gasteiger partial charge in [0.05, 0.1) is 25.9 Å². The Kier molecular flexibility index (Phi) is 4.59. The van der Waals surface area contributed by atoms with Gasteiger partial charge < -0.3 is 14.8 Å². The summed E-state index contributed by atoms with van der Waals surface area (Å²) in [5, 5.41) is 5.46. The second kappa shape index (κ2) is 5.96. The third-order valence-electron chi connectivity index (χ3n) is 2.23. The van der Waals surface area contributed by atoms with E-state index in [1.807, 2.05) is 0 Å². The number of ether oxygens (including phenoxy) is 2. The number of hydrogen-bond acceptors (Lipinski definition) is 4. The number of thiophene rings is 1. The van der Waals surface area contributed by atoms with Gasteiger partial charge in [0, 0.05) is 22.4 Å². The molecule has 1 aromatic rings. The van der Waals surface area contributed by atoms with Crippen molar-refractivity contribution in [3.8, 4) is 0 Å². The van der Waals surface area contributed by atoms with Crippen molar-refractivity contribution >= 4 is 27.3 Å². The summed E-state index contributed by atoms with van der Waals surface area (Å²) in [5.41, 5.74) is 0. The molecule has 0 aromatic carbocycles. The van der Waals surface area contributed by atoms with E-state index in [9.17, 15) is 0 Å². The van der Waals surface area contributed by atoms with E-state index in [1.165, 1.54) is 9.35 Å². The molecule has 2 heterocycles. The minimum absolute atomic E-state index is 0.206. The molecule has 0 saturated carbocycles. The SMILES string of the molecule is Brc1ccsc1CNCC1COCCO1. The van der Waals surface area contributed by atoms with E-state index in [0.29, 0.717) is 6.61 Å². The van der Waals surface area contributed by atoms with E-state index in [2.05, 4.69) is 32.7 Å². The van der Waals surface area contributed by atoms with Crippen molar-refractivity contribution in [2.24, 2.45) is 0 Å². The van der Waals surface area contributed by atoms with Gasteiger partial charge in [-0.2, -0.15) is 0 Å². The van der Waals surface area contributed by atoms with Crippen molar-refractivity contribution in [3.63, 3.8) is 0 Å². The van der Waals surface area contributed by atoms with Crippen LogP contribution in [0, 0.1) is 0 Å². The van der Waals surface area contributed by atoms with Crippen LogP contribution in [0.15, 0.2) is 15.9 Å². The highest BCUT2D eigenvalue weighted by Gasteiger charge is 2.13. The fraction of sp³-hybridized carbons (Fsp3) is 0.600. The predicted molar refractivity (Wildman–Crippen MR) is 64.3 cm³/mol. The molecule has 84 valence electrons. The number of halogens is 1. The molecule has 1 fully saturated rings. The van der Waals surface area contributed by atoms with E-state index < -0.39 is 0 Å². The second-order valence-corrected chi connectivity index (χ2v) is 5.25. The van der Waals surface area contributed by atoms with Crippen LogP contribution in [-0.2, 0) is 16.0 Å². The molecule has 0 aliphatic carbocycles. The largest absolute Gasteiger partial charge is 0.376 e. The molecule has 15 heavy (non-hydrogen) atoms. The summed E-state index contributed by atoms with van der Waals surface area (Å²) in [6, 6.07) is 2.07. The van der Waals surface area contributed by atoms with E-state index in [0.717, 1.165) is 26.3 Å². The van der Waals surface area contributed by atoms with Crippen molar-refractivity contribution in [1.29, 1.82) is 0 Å². The molecule has 1 N–H and O–H groups in total. The van der Waals surface area contributed by atoms with Crippen LogP contribution in [0.25, 0.3) is 0 Å². The van der Waals surface area contributed by atoms with Gasteiger partial charge in [-0.3, -0.25) is 0 Å². The Morgan fingerprint density at radius 2 is 2.47 bits per heavy atom. The first-order valence-electron chi connectivity index (χ1n) is 4.98. The lowest BCUT2D eigenvalue weighted by molar-refractivity contribution is -0.0864. The predicted octanol–water partition coefficient (Wildman–Crippen LogP) is 2.02. The normalized spacial score (nSPS) is 21.8. The van der Waals surface area contributed by atoms with Crippen LogP contribution in [-0.4, -0.2) is 32.5 Å². The van der Waals surface area contributed by atoms with Gasteiger partial charge in [-0.05, 0) is 27.4 Å². The monoisotopic (exact) mass is 291 g/mol. The Morgan fingerprint density at radius 3 is 3.13 bits per heavy atom. The zero-order chi connectivity index (χ0) is 10.5. The molecule has 1 aromatic heterocycles. The van der Waals surface area contributed by atoms with Gasteiger partial charge in [0.15, 0.2) is 0 Å². The van der Waals surface area contributed by atoms with Crippen molar-refractivity contribution in [2.75, 3.05) is 26.4 Å². The van der Waals surface area contributed by atoms with E-state index in [1.54, 1.807) is 11.3 Å². The molecule has 3 nitrogen and oxygen atoms in total. The first kappa shape index (κ1) is 11.5. The molecule has 5 heteroatoms. The molecule has 1 atom stereocenters. The summed E-state index contributed by atoms with van der Waals surface area (Å²) in [4.78, 5) is 1.33. The Labute approximate surface area is 102 Å². The second-order valence-electron chi connectivity index (χ2n) is 3.39. The number of rotatable bonds is 4. The Bertz CT molecular complexity index is 299. The van der Waals surface area contributed by atoms with E-state index in [4.69, 9.17) is 9.47 Å². The highest BCUT2D eigenvalue weighted by molar-refractivity contribution is 9.10. The molecule has 0 radical (unpaired) electrons. The van der Waals surface area contributed by atoms with Crippen molar-refractivity contribution in [1.82, 2.24) is 5.32 Å². The third kappa shape index (κ3) is 3.53. The van der Waals surface area contributed by atoms with Crippen LogP contribution in [0.2, 0.25) is 0 Å². The molecule has 1 saturated heterocycles. The Morgan fingerprint density at radius 1 is 1.53 bits per heavy atom. The van der Waals surface area contributed by atoms with Gasteiger partial charge >= 0.3 is 0 Å². The minimum Gasteiger partial charge on any atom is -0.376 e. The summed E-state index contributed by atoms with van der Waals surface area (Å²) in [7, 11) is 0. The maximum Gasteiger partial charge on any atom is 0.0933 e. The zero-order valence-corrected chi connectivity index (χ0v) is 10.8. The number of nitrogens with one attached hydrogen (secondary N) is 1. The van der Waals surface area contributed by atoms with Crippen LogP contribution in [0.1, 0.15) is 4.88 Å². The van der Waals surface area contributed by atoms with Crippen LogP contribution in [0.5, 0.6) is 0 Å². The van der Waals surface area contributed by atoms with Gasteiger partial charge in [0.25, 0.3) is 0 Å². The third-order valence-corrected chi connectivity index (χ3v) is 4.16. The maximum absolute atomic E-state index is 5.53. The molecular formula is C10H14BrNO2S. The molecule has 2 rings (SSSR count). The van der Waals surface area contributed by atoms with E-state index in [-0.39, 0.29) is 6.10 Å². The first-order valence-corrected chi connectivity index (χ1v) is 6.65. The average Bonchev–Trinajstić information content (AvgIpc) is 2.66. The Hall–Kier alpha value is 0.0600. The van der Waals surface area contributed by atoms with Gasteiger partial charge in [0.2, 0.25) is 0 Å². The Balaban J connectivity index is 1.68. The highest BCUT2D eigenvalue weighted by Crippen LogP contribution is 2.22. The van der Waals surface area contributed by atoms with Crippen LogP contribution in [0.3, 0.4) is 0 Å². The number of hydrogen-bond donors (Lipinski definition) is 1. The van der Waals surface area contributed by atoms with Crippen molar-refractivity contribution in [3.05, 3.63) is 20.8 Å². The topological polar surface area (TPSA) is 30.5 Å². The van der Waals surface area contributed by atoms with Crippen molar-refractivity contribution in [2.45, 2.75) is 12.6 Å². The van der Waals surface area contributed by atoms with Crippen LogP contribution < -0.4 is 5.32 Å². The van der Waals surface area contributed by atoms with Gasteiger partial charge in [-0.15, -0.1) is 11.3 Å². The minimum atomic E-state index is 0.206. The summed E-state index contributed by atoms with van der Waals surface area (Å²) < 4.78 is 12.0. The lowest BCUT2D eigenvalue weighted by Gasteiger charge is -2.23. The van der Waals surface area contributed by atoms with Gasteiger partial charge in [0.1, 0.15) is 0 Å². The van der Waals surface area contributed by atoms with Crippen molar-refractivity contribution < 1.29 is 9.47 Å². The van der Waals surface area contributed by atoms with Crippen LogP contribution in [0.4, 0.5) is 0 Å². The average molecular weight is 292 g/mol. The fourth-order valence-electron chi connectivity index (χ4n) is 1.45. The summed E-state index contributed by atoms with van der Waals surface area (Å²) >= 11 is 5.26. The maximum atomic E-state index is 5.53. The molecule has 0 amide bonds. The molecule has 1 unspecified atom stereocenters. The summed E-state index contributed by atoms with van der Waals surface area (Å²) in [5.74, 6) is 0. The zero-order valence-electron chi connectivity index (χ0n) is 8.37. The molecule has 1 aliphatic rings. The highest BCUT2D eigenvalue weighted by atomic mass is 79.9. The molecule has 1 aliphatic heterocycles. The first-order chi connectivity index (χ1) is 7.36. The summed E-state index contributed by atoms with van der Waals surface area (Å²) in [6.45, 7) is 3.89. The standard InChI is InChI=1S/C10H14BrNO2S/c11-9-1-4-15-10(9)6-12-5-8-7-13-2-3-14-8/h1,4,8,12H,2-3,5-7H2. The smallest absolute Gasteiger partial charge is 0.0933 e. The van der Waals surface area contributed by atoms with Crippen LogP contribution >= 0.6 is 27.3 Å². The van der Waals surface area contributed by atoms with E-state index >= 15 is 0 Å². The lowest BCUT2D eigenvalue weighted by atomic mass is 10.3. The lowest BCUT2D eigenvalue weighted by Crippen LogP contribution is -2.37. The quantitative estimate of drug-likeness (QED) is 0.921. The van der Waals surface area contributed by atoms with Gasteiger partial charge in [-0.25, -0.2) is 0 Å². The molecule has 0 spiro atoms. The van der Waals surface area contributed by atoms with Gasteiger partial charge in [-0.1, -0.05) is 0 Å². The molecule has 0 bridgehead atoms. The molecular weight excluding hydrogens is 278 g/mol. The fourth-order valence-corrected chi connectivity index (χ4v) is 2.91.